The van der Waals surface area contributed by atoms with Gasteiger partial charge in [-0.25, -0.2) is 4.98 Å². The highest BCUT2D eigenvalue weighted by atomic mass is 79.9. The Bertz CT molecular complexity index is 1320. The van der Waals surface area contributed by atoms with Gasteiger partial charge < -0.3 is 9.73 Å². The Labute approximate surface area is 191 Å². The molecule has 0 fully saturated rings. The second-order valence-electron chi connectivity index (χ2n) is 7.04. The monoisotopic (exact) mass is 488 g/mol. The van der Waals surface area contributed by atoms with Gasteiger partial charge in [-0.3, -0.25) is 4.79 Å². The van der Waals surface area contributed by atoms with Crippen LogP contribution in [0.2, 0.25) is 0 Å². The van der Waals surface area contributed by atoms with Crippen molar-refractivity contribution in [2.75, 3.05) is 0 Å². The van der Waals surface area contributed by atoms with E-state index >= 15 is 0 Å². The van der Waals surface area contributed by atoms with Crippen molar-refractivity contribution in [2.24, 2.45) is 0 Å². The predicted octanol–water partition coefficient (Wildman–Crippen LogP) is 6.92. The summed E-state index contributed by atoms with van der Waals surface area (Å²) in [6.07, 6.45) is 0. The Kier molecular flexibility index (Phi) is 5.40. The van der Waals surface area contributed by atoms with Crippen molar-refractivity contribution < 1.29 is 9.21 Å². The van der Waals surface area contributed by atoms with Gasteiger partial charge in [0, 0.05) is 22.1 Å². The van der Waals surface area contributed by atoms with Crippen LogP contribution >= 0.6 is 27.3 Å². The molecule has 5 rings (SSSR count). The fourth-order valence-electron chi connectivity index (χ4n) is 3.26. The molecule has 0 aliphatic carbocycles. The largest absolute Gasteiger partial charge is 0.451 e. The van der Waals surface area contributed by atoms with Gasteiger partial charge in [-0.15, -0.1) is 11.3 Å². The van der Waals surface area contributed by atoms with Crippen LogP contribution in [0.5, 0.6) is 0 Å². The third-order valence-corrected chi connectivity index (χ3v) is 6.52. The van der Waals surface area contributed by atoms with Gasteiger partial charge in [-0.1, -0.05) is 64.5 Å². The van der Waals surface area contributed by atoms with Gasteiger partial charge in [0.25, 0.3) is 5.91 Å². The lowest BCUT2D eigenvalue weighted by atomic mass is 10.1. The first-order valence-corrected chi connectivity index (χ1v) is 11.4. The number of carbonyl (C=O) groups excluding carboxylic acids is 1. The molecule has 0 aliphatic heterocycles. The maximum atomic E-state index is 12.5. The second-order valence-corrected chi connectivity index (χ2v) is 8.98. The average Bonchev–Trinajstić information content (AvgIpc) is 3.46. The summed E-state index contributed by atoms with van der Waals surface area (Å²) in [6.45, 7) is 0.424. The van der Waals surface area contributed by atoms with Crippen LogP contribution in [0.25, 0.3) is 32.1 Å². The molecule has 0 saturated heterocycles. The van der Waals surface area contributed by atoms with Crippen molar-refractivity contribution in [3.05, 3.63) is 101 Å². The summed E-state index contributed by atoms with van der Waals surface area (Å²) in [5, 5.41) is 3.91. The van der Waals surface area contributed by atoms with E-state index in [9.17, 15) is 4.79 Å². The standard InChI is InChI=1S/C25H17BrN2O2S/c26-19-11-9-17(10-12-19)21-13-14-22(30-21)24(29)27-15-16-5-7-18(8-6-16)25-28-20-3-1-2-4-23(20)31-25/h1-14H,15H2,(H,27,29). The lowest BCUT2D eigenvalue weighted by Crippen LogP contribution is -2.22. The molecule has 152 valence electrons. The zero-order chi connectivity index (χ0) is 21.2. The predicted molar refractivity (Wildman–Crippen MR) is 128 cm³/mol. The van der Waals surface area contributed by atoms with E-state index in [1.165, 1.54) is 4.70 Å². The highest BCUT2D eigenvalue weighted by Crippen LogP contribution is 2.30. The molecule has 2 aromatic heterocycles. The fraction of sp³-hybridized carbons (Fsp3) is 0.0400. The third kappa shape index (κ3) is 4.31. The molecule has 0 bridgehead atoms. The molecule has 31 heavy (non-hydrogen) atoms. The van der Waals surface area contributed by atoms with E-state index in [1.807, 2.05) is 72.8 Å². The van der Waals surface area contributed by atoms with Gasteiger partial charge in [0.15, 0.2) is 5.76 Å². The van der Waals surface area contributed by atoms with E-state index in [4.69, 9.17) is 9.40 Å². The molecule has 0 saturated carbocycles. The summed E-state index contributed by atoms with van der Waals surface area (Å²) in [5.74, 6) is 0.723. The molecular weight excluding hydrogens is 472 g/mol. The van der Waals surface area contributed by atoms with E-state index in [0.29, 0.717) is 18.1 Å². The molecule has 0 aliphatic rings. The Morgan fingerprint density at radius 2 is 1.65 bits per heavy atom. The smallest absolute Gasteiger partial charge is 0.287 e. The quantitative estimate of drug-likeness (QED) is 0.292. The SMILES string of the molecule is O=C(NCc1ccc(-c2nc3ccccc3s2)cc1)c1ccc(-c2ccc(Br)cc2)o1. The molecule has 0 spiro atoms. The van der Waals surface area contributed by atoms with Crippen LogP contribution in [0.1, 0.15) is 16.1 Å². The number of carbonyl (C=O) groups is 1. The summed E-state index contributed by atoms with van der Waals surface area (Å²) in [6, 6.07) is 27.5. The molecule has 0 radical (unpaired) electrons. The van der Waals surface area contributed by atoms with Gasteiger partial charge >= 0.3 is 0 Å². The zero-order valence-corrected chi connectivity index (χ0v) is 18.7. The molecule has 5 aromatic rings. The van der Waals surface area contributed by atoms with Crippen LogP contribution in [0, 0.1) is 0 Å². The Hall–Kier alpha value is -3.22. The Morgan fingerprint density at radius 1 is 0.903 bits per heavy atom. The number of furan rings is 1. The fourth-order valence-corrected chi connectivity index (χ4v) is 4.49. The third-order valence-electron chi connectivity index (χ3n) is 4.91. The number of amides is 1. The van der Waals surface area contributed by atoms with Crippen LogP contribution in [-0.4, -0.2) is 10.9 Å². The molecule has 6 heteroatoms. The number of hydrogen-bond acceptors (Lipinski definition) is 4. The minimum absolute atomic E-state index is 0.237. The first-order chi connectivity index (χ1) is 15.2. The van der Waals surface area contributed by atoms with Crippen LogP contribution in [0.3, 0.4) is 0 Å². The maximum Gasteiger partial charge on any atom is 0.287 e. The van der Waals surface area contributed by atoms with Crippen molar-refractivity contribution >= 4 is 43.4 Å². The molecule has 3 aromatic carbocycles. The van der Waals surface area contributed by atoms with Gasteiger partial charge in [-0.05, 0) is 42.0 Å². The first-order valence-electron chi connectivity index (χ1n) is 9.74. The van der Waals surface area contributed by atoms with E-state index in [-0.39, 0.29) is 5.91 Å². The lowest BCUT2D eigenvalue weighted by Gasteiger charge is -2.05. The van der Waals surface area contributed by atoms with E-state index in [0.717, 1.165) is 31.7 Å². The van der Waals surface area contributed by atoms with Crippen molar-refractivity contribution in [3.8, 4) is 21.9 Å². The maximum absolute atomic E-state index is 12.5. The first kappa shape index (κ1) is 19.7. The highest BCUT2D eigenvalue weighted by Gasteiger charge is 2.12. The number of halogens is 1. The number of aromatic nitrogens is 1. The highest BCUT2D eigenvalue weighted by molar-refractivity contribution is 9.10. The summed E-state index contributed by atoms with van der Waals surface area (Å²) >= 11 is 5.09. The van der Waals surface area contributed by atoms with E-state index in [2.05, 4.69) is 27.3 Å². The minimum Gasteiger partial charge on any atom is -0.451 e. The molecule has 4 nitrogen and oxygen atoms in total. The number of nitrogens with one attached hydrogen (secondary N) is 1. The topological polar surface area (TPSA) is 55.1 Å². The summed E-state index contributed by atoms with van der Waals surface area (Å²) in [4.78, 5) is 17.2. The lowest BCUT2D eigenvalue weighted by molar-refractivity contribution is 0.0924. The van der Waals surface area contributed by atoms with E-state index in [1.54, 1.807) is 17.4 Å². The molecule has 2 heterocycles. The molecule has 0 atom stereocenters. The summed E-state index contributed by atoms with van der Waals surface area (Å²) < 4.78 is 7.90. The Morgan fingerprint density at radius 3 is 2.42 bits per heavy atom. The number of benzene rings is 3. The molecule has 1 N–H and O–H groups in total. The molecule has 0 unspecified atom stereocenters. The normalized spacial score (nSPS) is 11.0. The van der Waals surface area contributed by atoms with Crippen molar-refractivity contribution in [2.45, 2.75) is 6.54 Å². The Balaban J connectivity index is 1.24. The zero-order valence-electron chi connectivity index (χ0n) is 16.3. The van der Waals surface area contributed by atoms with E-state index < -0.39 is 0 Å². The van der Waals surface area contributed by atoms with Gasteiger partial charge in [0.1, 0.15) is 10.8 Å². The van der Waals surface area contributed by atoms with Crippen molar-refractivity contribution in [1.29, 1.82) is 0 Å². The number of thiazole rings is 1. The molecular formula is C25H17BrN2O2S. The number of fused-ring (bicyclic) bond motifs is 1. The van der Waals surface area contributed by atoms with Crippen LogP contribution in [-0.2, 0) is 6.54 Å². The van der Waals surface area contributed by atoms with Crippen LogP contribution in [0.4, 0.5) is 0 Å². The van der Waals surface area contributed by atoms with Gasteiger partial charge in [-0.2, -0.15) is 0 Å². The van der Waals surface area contributed by atoms with Crippen LogP contribution in [0.15, 0.2) is 93.8 Å². The minimum atomic E-state index is -0.237. The van der Waals surface area contributed by atoms with Crippen molar-refractivity contribution in [1.82, 2.24) is 10.3 Å². The summed E-state index contributed by atoms with van der Waals surface area (Å²) in [7, 11) is 0. The molecule has 1 amide bonds. The number of para-hydroxylation sites is 1. The van der Waals surface area contributed by atoms with Crippen molar-refractivity contribution in [3.63, 3.8) is 0 Å². The number of hydrogen-bond donors (Lipinski definition) is 1. The van der Waals surface area contributed by atoms with Gasteiger partial charge in [0.2, 0.25) is 0 Å². The van der Waals surface area contributed by atoms with Gasteiger partial charge in [0.05, 0.1) is 10.2 Å². The summed E-state index contributed by atoms with van der Waals surface area (Å²) in [5.41, 5.74) is 4.02. The average molecular weight is 489 g/mol. The number of rotatable bonds is 5. The van der Waals surface area contributed by atoms with Crippen LogP contribution < -0.4 is 5.32 Å². The second kappa shape index (κ2) is 8.49. The number of nitrogens with zero attached hydrogens (tertiary/aromatic N) is 1.